The van der Waals surface area contributed by atoms with Gasteiger partial charge >= 0.3 is 0 Å². The minimum Gasteiger partial charge on any atom is -0.383 e. The van der Waals surface area contributed by atoms with Crippen LogP contribution in [0.4, 0.5) is 5.82 Å². The molecule has 90 valence electrons. The average Bonchev–Trinajstić information content (AvgIpc) is 2.38. The summed E-state index contributed by atoms with van der Waals surface area (Å²) in [6.45, 7) is 1.40. The second-order valence-electron chi connectivity index (χ2n) is 3.50. The molecule has 0 aliphatic heterocycles. The van der Waals surface area contributed by atoms with E-state index in [0.29, 0.717) is 6.61 Å². The first-order chi connectivity index (χ1) is 8.35. The number of methoxy groups -OCH3 is 1. The van der Waals surface area contributed by atoms with Crippen molar-refractivity contribution >= 4 is 28.5 Å². The maximum atomic E-state index is 5.02. The zero-order chi connectivity index (χ0) is 12.1. The van der Waals surface area contributed by atoms with Crippen molar-refractivity contribution in [2.75, 3.05) is 31.8 Å². The van der Waals surface area contributed by atoms with E-state index in [1.54, 1.807) is 18.9 Å². The molecule has 1 aromatic carbocycles. The maximum Gasteiger partial charge on any atom is 0.189 e. The minimum atomic E-state index is 0.660. The Balaban J connectivity index is 2.36. The van der Waals surface area contributed by atoms with E-state index >= 15 is 0 Å². The summed E-state index contributed by atoms with van der Waals surface area (Å²) >= 11 is 1.54. The van der Waals surface area contributed by atoms with Gasteiger partial charge in [0.15, 0.2) is 5.16 Å². The van der Waals surface area contributed by atoms with Gasteiger partial charge in [-0.15, -0.1) is 0 Å². The molecule has 1 aromatic heterocycles. The summed E-state index contributed by atoms with van der Waals surface area (Å²) in [5, 5.41) is 5.10. The summed E-state index contributed by atoms with van der Waals surface area (Å²) in [4.78, 5) is 8.94. The van der Waals surface area contributed by atoms with Crippen LogP contribution >= 0.6 is 11.8 Å². The highest BCUT2D eigenvalue weighted by Gasteiger charge is 2.05. The fraction of sp³-hybridized carbons (Fsp3) is 0.333. The minimum absolute atomic E-state index is 0.660. The van der Waals surface area contributed by atoms with E-state index in [-0.39, 0.29) is 0 Å². The van der Waals surface area contributed by atoms with Crippen LogP contribution in [0, 0.1) is 0 Å². The van der Waals surface area contributed by atoms with Gasteiger partial charge < -0.3 is 10.1 Å². The summed E-state index contributed by atoms with van der Waals surface area (Å²) < 4.78 is 5.02. The van der Waals surface area contributed by atoms with E-state index < -0.39 is 0 Å². The van der Waals surface area contributed by atoms with Gasteiger partial charge in [0.25, 0.3) is 0 Å². The van der Waals surface area contributed by atoms with Crippen molar-refractivity contribution in [1.82, 2.24) is 9.97 Å². The number of thioether (sulfide) groups is 1. The van der Waals surface area contributed by atoms with E-state index in [4.69, 9.17) is 4.74 Å². The van der Waals surface area contributed by atoms with Gasteiger partial charge in [-0.25, -0.2) is 9.97 Å². The van der Waals surface area contributed by atoms with Crippen LogP contribution < -0.4 is 5.32 Å². The van der Waals surface area contributed by atoms with Crippen LogP contribution in [0.15, 0.2) is 29.4 Å². The zero-order valence-electron chi connectivity index (χ0n) is 9.93. The second-order valence-corrected chi connectivity index (χ2v) is 4.27. The third kappa shape index (κ3) is 2.87. The first kappa shape index (κ1) is 12.1. The molecule has 0 aliphatic carbocycles. The van der Waals surface area contributed by atoms with Gasteiger partial charge in [-0.3, -0.25) is 0 Å². The van der Waals surface area contributed by atoms with E-state index in [1.807, 2.05) is 30.5 Å². The molecule has 4 nitrogen and oxygen atoms in total. The molecule has 0 fully saturated rings. The normalized spacial score (nSPS) is 10.7. The van der Waals surface area contributed by atoms with Gasteiger partial charge in [0.1, 0.15) is 5.82 Å². The number of rotatable bonds is 5. The van der Waals surface area contributed by atoms with Gasteiger partial charge in [0, 0.05) is 19.0 Å². The first-order valence-corrected chi connectivity index (χ1v) is 6.61. The Morgan fingerprint density at radius 2 is 2.12 bits per heavy atom. The van der Waals surface area contributed by atoms with Crippen LogP contribution in [-0.2, 0) is 4.74 Å². The first-order valence-electron chi connectivity index (χ1n) is 5.38. The van der Waals surface area contributed by atoms with Crippen molar-refractivity contribution < 1.29 is 4.74 Å². The molecule has 2 aromatic rings. The number of aromatic nitrogens is 2. The SMILES string of the molecule is COCCNc1nc(SC)nc2ccccc12. The topological polar surface area (TPSA) is 47.0 Å². The maximum absolute atomic E-state index is 5.02. The molecule has 0 spiro atoms. The molecule has 0 atom stereocenters. The van der Waals surface area contributed by atoms with Crippen molar-refractivity contribution in [2.24, 2.45) is 0 Å². The highest BCUT2D eigenvalue weighted by atomic mass is 32.2. The van der Waals surface area contributed by atoms with Crippen LogP contribution in [0.5, 0.6) is 0 Å². The summed E-state index contributed by atoms with van der Waals surface area (Å²) in [5.41, 5.74) is 0.965. The van der Waals surface area contributed by atoms with Gasteiger partial charge in [-0.1, -0.05) is 23.9 Å². The number of para-hydroxylation sites is 1. The molecule has 0 saturated heterocycles. The fourth-order valence-electron chi connectivity index (χ4n) is 1.55. The van der Waals surface area contributed by atoms with Crippen LogP contribution in [0.3, 0.4) is 0 Å². The lowest BCUT2D eigenvalue weighted by molar-refractivity contribution is 0.210. The number of anilines is 1. The molecule has 0 aliphatic rings. The van der Waals surface area contributed by atoms with Gasteiger partial charge in [-0.2, -0.15) is 0 Å². The van der Waals surface area contributed by atoms with E-state index in [9.17, 15) is 0 Å². The highest BCUT2D eigenvalue weighted by Crippen LogP contribution is 2.22. The number of hydrogen-bond acceptors (Lipinski definition) is 5. The van der Waals surface area contributed by atoms with Crippen molar-refractivity contribution in [3.05, 3.63) is 24.3 Å². The molecule has 17 heavy (non-hydrogen) atoms. The fourth-order valence-corrected chi connectivity index (χ4v) is 1.93. The molecule has 0 amide bonds. The molecule has 0 saturated carbocycles. The summed E-state index contributed by atoms with van der Waals surface area (Å²) in [6.07, 6.45) is 1.98. The quantitative estimate of drug-likeness (QED) is 0.501. The highest BCUT2D eigenvalue weighted by molar-refractivity contribution is 7.98. The lowest BCUT2D eigenvalue weighted by Crippen LogP contribution is -2.10. The monoisotopic (exact) mass is 249 g/mol. The molecule has 1 N–H and O–H groups in total. The van der Waals surface area contributed by atoms with Crippen molar-refractivity contribution in [2.45, 2.75) is 5.16 Å². The van der Waals surface area contributed by atoms with E-state index in [0.717, 1.165) is 28.4 Å². The smallest absolute Gasteiger partial charge is 0.189 e. The Morgan fingerprint density at radius 3 is 2.88 bits per heavy atom. The molecular weight excluding hydrogens is 234 g/mol. The Hall–Kier alpha value is -1.33. The van der Waals surface area contributed by atoms with Crippen molar-refractivity contribution in [3.8, 4) is 0 Å². The summed E-state index contributed by atoms with van der Waals surface area (Å²) in [6, 6.07) is 8.00. The summed E-state index contributed by atoms with van der Waals surface area (Å²) in [5.74, 6) is 0.872. The van der Waals surface area contributed by atoms with Crippen LogP contribution in [0.1, 0.15) is 0 Å². The molecular formula is C12H15N3OS. The second kappa shape index (κ2) is 5.84. The Labute approximate surface area is 105 Å². The number of fused-ring (bicyclic) bond motifs is 1. The number of nitrogens with one attached hydrogen (secondary N) is 1. The van der Waals surface area contributed by atoms with Gasteiger partial charge in [-0.05, 0) is 18.4 Å². The van der Waals surface area contributed by atoms with Gasteiger partial charge in [0.2, 0.25) is 0 Å². The molecule has 0 unspecified atom stereocenters. The zero-order valence-corrected chi connectivity index (χ0v) is 10.8. The standard InChI is InChI=1S/C12H15N3OS/c1-16-8-7-13-11-9-5-3-4-6-10(9)14-12(15-11)17-2/h3-6H,7-8H2,1-2H3,(H,13,14,15). The number of ether oxygens (including phenoxy) is 1. The lowest BCUT2D eigenvalue weighted by Gasteiger charge is -2.09. The van der Waals surface area contributed by atoms with Crippen LogP contribution in [0.2, 0.25) is 0 Å². The Bertz CT molecular complexity index is 504. The molecule has 5 heteroatoms. The third-order valence-corrected chi connectivity index (χ3v) is 2.91. The largest absolute Gasteiger partial charge is 0.383 e. The molecule has 1 heterocycles. The molecule has 2 rings (SSSR count). The molecule has 0 radical (unpaired) electrons. The number of nitrogens with zero attached hydrogens (tertiary/aromatic N) is 2. The average molecular weight is 249 g/mol. The van der Waals surface area contributed by atoms with Crippen LogP contribution in [0.25, 0.3) is 10.9 Å². The Kier molecular flexibility index (Phi) is 4.17. The number of hydrogen-bond donors (Lipinski definition) is 1. The number of benzene rings is 1. The van der Waals surface area contributed by atoms with Gasteiger partial charge in [0.05, 0.1) is 12.1 Å². The van der Waals surface area contributed by atoms with Crippen LogP contribution in [-0.4, -0.2) is 36.5 Å². The Morgan fingerprint density at radius 1 is 1.29 bits per heavy atom. The van der Waals surface area contributed by atoms with E-state index in [1.165, 1.54) is 0 Å². The summed E-state index contributed by atoms with van der Waals surface area (Å²) in [7, 11) is 1.69. The van der Waals surface area contributed by atoms with Crippen molar-refractivity contribution in [1.29, 1.82) is 0 Å². The van der Waals surface area contributed by atoms with Crippen molar-refractivity contribution in [3.63, 3.8) is 0 Å². The van der Waals surface area contributed by atoms with E-state index in [2.05, 4.69) is 15.3 Å². The predicted molar refractivity (Wildman–Crippen MR) is 71.7 cm³/mol. The third-order valence-electron chi connectivity index (χ3n) is 2.36. The lowest BCUT2D eigenvalue weighted by atomic mass is 10.2. The molecule has 0 bridgehead atoms. The predicted octanol–water partition coefficient (Wildman–Crippen LogP) is 2.41.